The predicted octanol–water partition coefficient (Wildman–Crippen LogP) is 4.04. The number of benzene rings is 2. The van der Waals surface area contributed by atoms with Crippen molar-refractivity contribution in [3.05, 3.63) is 75.0 Å². The van der Waals surface area contributed by atoms with Gasteiger partial charge in [0, 0.05) is 18.7 Å². The maximum absolute atomic E-state index is 12.8. The number of aromatic nitrogens is 2. The van der Waals surface area contributed by atoms with E-state index in [4.69, 9.17) is 9.47 Å². The molecule has 7 heteroatoms. The average molecular weight is 473 g/mol. The lowest BCUT2D eigenvalue weighted by atomic mass is 10.1. The lowest BCUT2D eigenvalue weighted by Gasteiger charge is -2.15. The highest BCUT2D eigenvalue weighted by Gasteiger charge is 2.23. The minimum absolute atomic E-state index is 0.0102. The first-order chi connectivity index (χ1) is 13.1. The summed E-state index contributed by atoms with van der Waals surface area (Å²) >= 11 is 2.10. The standard InChI is InChI=1S/C20H16IN3O3/c1-26-20-22-10-17(21)18(23-20)27-16-8-6-13(7-9-16)19(25)24-11-14-4-2-3-5-15(14)12-24/h2-10H,11-12H2,1H3. The van der Waals surface area contributed by atoms with Crippen molar-refractivity contribution in [2.75, 3.05) is 7.11 Å². The van der Waals surface area contributed by atoms with Crippen LogP contribution in [-0.2, 0) is 13.1 Å². The largest absolute Gasteiger partial charge is 0.467 e. The van der Waals surface area contributed by atoms with Crippen LogP contribution in [0.2, 0.25) is 0 Å². The van der Waals surface area contributed by atoms with Crippen molar-refractivity contribution in [3.63, 3.8) is 0 Å². The van der Waals surface area contributed by atoms with Gasteiger partial charge < -0.3 is 14.4 Å². The second kappa shape index (κ2) is 7.51. The van der Waals surface area contributed by atoms with E-state index in [9.17, 15) is 4.79 Å². The highest BCUT2D eigenvalue weighted by atomic mass is 127. The summed E-state index contributed by atoms with van der Waals surface area (Å²) in [5, 5.41) is 0. The molecular weight excluding hydrogens is 457 g/mol. The third-order valence-corrected chi connectivity index (χ3v) is 5.06. The van der Waals surface area contributed by atoms with Gasteiger partial charge in [-0.25, -0.2) is 4.98 Å². The molecule has 2 heterocycles. The van der Waals surface area contributed by atoms with Crippen LogP contribution in [0.25, 0.3) is 0 Å². The van der Waals surface area contributed by atoms with E-state index in [1.54, 1.807) is 30.5 Å². The molecule has 0 atom stereocenters. The number of nitrogens with zero attached hydrogens (tertiary/aromatic N) is 3. The third kappa shape index (κ3) is 3.73. The number of halogens is 1. The van der Waals surface area contributed by atoms with Gasteiger partial charge in [-0.1, -0.05) is 24.3 Å². The van der Waals surface area contributed by atoms with Gasteiger partial charge in [-0.15, -0.1) is 0 Å². The maximum atomic E-state index is 12.8. The Hall–Kier alpha value is -2.68. The molecule has 2 aromatic carbocycles. The Labute approximate surface area is 170 Å². The first-order valence-corrected chi connectivity index (χ1v) is 9.42. The van der Waals surface area contributed by atoms with E-state index in [2.05, 4.69) is 44.7 Å². The van der Waals surface area contributed by atoms with Crippen molar-refractivity contribution in [2.24, 2.45) is 0 Å². The smallest absolute Gasteiger partial charge is 0.319 e. The quantitative estimate of drug-likeness (QED) is 0.536. The zero-order valence-corrected chi connectivity index (χ0v) is 16.7. The second-order valence-corrected chi connectivity index (χ2v) is 7.23. The van der Waals surface area contributed by atoms with Gasteiger partial charge in [-0.3, -0.25) is 4.79 Å². The van der Waals surface area contributed by atoms with E-state index in [1.807, 2.05) is 17.0 Å². The molecule has 0 radical (unpaired) electrons. The van der Waals surface area contributed by atoms with E-state index in [1.165, 1.54) is 18.2 Å². The number of hydrogen-bond donors (Lipinski definition) is 0. The van der Waals surface area contributed by atoms with Crippen LogP contribution < -0.4 is 9.47 Å². The molecule has 6 nitrogen and oxygen atoms in total. The van der Waals surface area contributed by atoms with Gasteiger partial charge in [0.05, 0.1) is 16.9 Å². The molecule has 1 aliphatic heterocycles. The van der Waals surface area contributed by atoms with Gasteiger partial charge in [0.25, 0.3) is 5.91 Å². The lowest BCUT2D eigenvalue weighted by Crippen LogP contribution is -2.25. The Bertz CT molecular complexity index is 967. The van der Waals surface area contributed by atoms with E-state index in [-0.39, 0.29) is 11.9 Å². The summed E-state index contributed by atoms with van der Waals surface area (Å²) in [4.78, 5) is 22.8. The molecule has 1 aromatic heterocycles. The molecule has 0 N–H and O–H groups in total. The van der Waals surface area contributed by atoms with Crippen LogP contribution in [0.4, 0.5) is 0 Å². The number of fused-ring (bicyclic) bond motifs is 1. The van der Waals surface area contributed by atoms with Crippen LogP contribution in [0, 0.1) is 3.57 Å². The molecule has 1 aliphatic rings. The second-order valence-electron chi connectivity index (χ2n) is 6.07. The van der Waals surface area contributed by atoms with Crippen molar-refractivity contribution in [2.45, 2.75) is 13.1 Å². The number of methoxy groups -OCH3 is 1. The minimum atomic E-state index is 0.0102. The molecule has 0 bridgehead atoms. The van der Waals surface area contributed by atoms with E-state index >= 15 is 0 Å². The molecule has 0 aliphatic carbocycles. The number of amides is 1. The average Bonchev–Trinajstić information content (AvgIpc) is 3.14. The molecule has 27 heavy (non-hydrogen) atoms. The fourth-order valence-corrected chi connectivity index (χ4v) is 3.31. The SMILES string of the molecule is COc1ncc(I)c(Oc2ccc(C(=O)N3Cc4ccccc4C3)cc2)n1. The summed E-state index contributed by atoms with van der Waals surface area (Å²) in [5.74, 6) is 1.02. The number of carbonyl (C=O) groups excluding carboxylic acids is 1. The van der Waals surface area contributed by atoms with Gasteiger partial charge in [0.1, 0.15) is 5.75 Å². The number of ether oxygens (including phenoxy) is 2. The summed E-state index contributed by atoms with van der Waals surface area (Å²) in [5.41, 5.74) is 3.04. The van der Waals surface area contributed by atoms with E-state index < -0.39 is 0 Å². The molecule has 1 amide bonds. The molecular formula is C20H16IN3O3. The van der Waals surface area contributed by atoms with Gasteiger partial charge >= 0.3 is 6.01 Å². The Morgan fingerprint density at radius 1 is 1.07 bits per heavy atom. The summed E-state index contributed by atoms with van der Waals surface area (Å²) in [6.07, 6.45) is 1.63. The van der Waals surface area contributed by atoms with Crippen LogP contribution in [0.5, 0.6) is 17.6 Å². The van der Waals surface area contributed by atoms with Crippen LogP contribution in [-0.4, -0.2) is 27.9 Å². The Morgan fingerprint density at radius 2 is 1.74 bits per heavy atom. The zero-order valence-electron chi connectivity index (χ0n) is 14.6. The van der Waals surface area contributed by atoms with Crippen LogP contribution >= 0.6 is 22.6 Å². The lowest BCUT2D eigenvalue weighted by molar-refractivity contribution is 0.0751. The molecule has 0 fully saturated rings. The van der Waals surface area contributed by atoms with Gasteiger partial charge in [0.15, 0.2) is 0 Å². The normalized spacial score (nSPS) is 12.6. The van der Waals surface area contributed by atoms with Crippen molar-refractivity contribution in [3.8, 4) is 17.6 Å². The monoisotopic (exact) mass is 473 g/mol. The Morgan fingerprint density at radius 3 is 2.37 bits per heavy atom. The summed E-state index contributed by atoms with van der Waals surface area (Å²) < 4.78 is 11.6. The molecule has 3 aromatic rings. The maximum Gasteiger partial charge on any atom is 0.319 e. The molecule has 0 spiro atoms. The van der Waals surface area contributed by atoms with Gasteiger partial charge in [-0.2, -0.15) is 4.98 Å². The molecule has 136 valence electrons. The van der Waals surface area contributed by atoms with Crippen molar-refractivity contribution in [1.82, 2.24) is 14.9 Å². The molecule has 0 unspecified atom stereocenters. The first-order valence-electron chi connectivity index (χ1n) is 8.34. The zero-order chi connectivity index (χ0) is 18.8. The number of hydrogen-bond acceptors (Lipinski definition) is 5. The Balaban J connectivity index is 1.47. The number of carbonyl (C=O) groups is 1. The van der Waals surface area contributed by atoms with Crippen molar-refractivity contribution in [1.29, 1.82) is 0 Å². The van der Waals surface area contributed by atoms with Gasteiger partial charge in [0.2, 0.25) is 5.88 Å². The first kappa shape index (κ1) is 17.7. The molecule has 0 saturated heterocycles. The third-order valence-electron chi connectivity index (χ3n) is 4.32. The predicted molar refractivity (Wildman–Crippen MR) is 108 cm³/mol. The highest BCUT2D eigenvalue weighted by molar-refractivity contribution is 14.1. The fraction of sp³-hybridized carbons (Fsp3) is 0.150. The van der Waals surface area contributed by atoms with Crippen LogP contribution in [0.3, 0.4) is 0 Å². The van der Waals surface area contributed by atoms with Crippen LogP contribution in [0.15, 0.2) is 54.7 Å². The molecule has 4 rings (SSSR count). The van der Waals surface area contributed by atoms with Crippen LogP contribution in [0.1, 0.15) is 21.5 Å². The topological polar surface area (TPSA) is 64.6 Å². The highest BCUT2D eigenvalue weighted by Crippen LogP contribution is 2.27. The summed E-state index contributed by atoms with van der Waals surface area (Å²) in [6.45, 7) is 1.29. The Kier molecular flexibility index (Phi) is 4.93. The van der Waals surface area contributed by atoms with E-state index in [0.29, 0.717) is 30.3 Å². The van der Waals surface area contributed by atoms with E-state index in [0.717, 1.165) is 3.57 Å². The van der Waals surface area contributed by atoms with Crippen molar-refractivity contribution < 1.29 is 14.3 Å². The van der Waals surface area contributed by atoms with Gasteiger partial charge in [-0.05, 0) is 58.0 Å². The number of rotatable bonds is 4. The summed E-state index contributed by atoms with van der Waals surface area (Å²) in [7, 11) is 1.50. The fourth-order valence-electron chi connectivity index (χ4n) is 2.94. The minimum Gasteiger partial charge on any atom is -0.467 e. The molecule has 0 saturated carbocycles. The summed E-state index contributed by atoms with van der Waals surface area (Å²) in [6, 6.07) is 15.4. The van der Waals surface area contributed by atoms with Crippen molar-refractivity contribution >= 4 is 28.5 Å².